The molecule has 0 radical (unpaired) electrons. The zero-order chi connectivity index (χ0) is 19.6. The third-order valence-electron chi connectivity index (χ3n) is 5.17. The van der Waals surface area contributed by atoms with Crippen molar-refractivity contribution in [1.29, 1.82) is 0 Å². The van der Waals surface area contributed by atoms with Crippen LogP contribution in [0.2, 0.25) is 0 Å². The van der Waals surface area contributed by atoms with E-state index in [1.165, 1.54) is 13.2 Å². The number of halogens is 3. The topological polar surface area (TPSA) is 67.3 Å². The number of hydrogen-bond donors (Lipinski definition) is 2. The number of alkyl halides is 3. The summed E-state index contributed by atoms with van der Waals surface area (Å²) in [6.07, 6.45) is -0.152. The van der Waals surface area contributed by atoms with Crippen molar-refractivity contribution in [3.8, 4) is 5.75 Å². The fourth-order valence-electron chi connectivity index (χ4n) is 3.66. The number of fused-ring (bicyclic) bond motifs is 1. The maximum Gasteiger partial charge on any atom is 0.451 e. The van der Waals surface area contributed by atoms with Crippen LogP contribution in [0.4, 0.5) is 19.0 Å². The highest BCUT2D eigenvalue weighted by molar-refractivity contribution is 5.90. The van der Waals surface area contributed by atoms with Gasteiger partial charge in [0.25, 0.3) is 0 Å². The summed E-state index contributed by atoms with van der Waals surface area (Å²) in [6.45, 7) is 1.76. The number of benzene rings is 1. The van der Waals surface area contributed by atoms with E-state index in [1.54, 1.807) is 19.1 Å². The van der Waals surface area contributed by atoms with Crippen LogP contribution in [0.5, 0.6) is 5.75 Å². The van der Waals surface area contributed by atoms with E-state index in [0.717, 1.165) is 32.1 Å². The van der Waals surface area contributed by atoms with Gasteiger partial charge >= 0.3 is 6.18 Å². The molecule has 0 bridgehead atoms. The Morgan fingerprint density at radius 2 is 1.89 bits per heavy atom. The molecule has 2 N–H and O–H groups in total. The standard InChI is InChI=1S/C19H24F3N3O2/c1-11(16(26)12-6-4-3-5-7-12)23-17-14-10-13(27-2)8-9-15(14)24-18(25-17)19(20,21)22/h8-12,16,26H,3-7H2,1-2H3,(H,23,24,25). The molecule has 0 spiro atoms. The van der Waals surface area contributed by atoms with Gasteiger partial charge in [0.15, 0.2) is 0 Å². The van der Waals surface area contributed by atoms with Gasteiger partial charge in [0.2, 0.25) is 5.82 Å². The van der Waals surface area contributed by atoms with Crippen LogP contribution in [0.25, 0.3) is 10.9 Å². The van der Waals surface area contributed by atoms with E-state index in [4.69, 9.17) is 4.74 Å². The Bertz CT molecular complexity index is 792. The van der Waals surface area contributed by atoms with Crippen molar-refractivity contribution in [2.24, 2.45) is 5.92 Å². The summed E-state index contributed by atoms with van der Waals surface area (Å²) in [4.78, 5) is 7.33. The summed E-state index contributed by atoms with van der Waals surface area (Å²) in [5.74, 6) is -0.518. The molecule has 1 fully saturated rings. The van der Waals surface area contributed by atoms with Crippen LogP contribution in [-0.2, 0) is 6.18 Å². The van der Waals surface area contributed by atoms with Gasteiger partial charge in [-0.1, -0.05) is 19.3 Å². The molecule has 0 amide bonds. The molecule has 1 aliphatic rings. The molecule has 3 rings (SSSR count). The number of anilines is 1. The average Bonchev–Trinajstić information content (AvgIpc) is 2.66. The predicted molar refractivity (Wildman–Crippen MR) is 96.8 cm³/mol. The number of ether oxygens (including phenoxy) is 1. The molecule has 5 nitrogen and oxygen atoms in total. The molecule has 148 valence electrons. The van der Waals surface area contributed by atoms with Gasteiger partial charge in [0.1, 0.15) is 11.6 Å². The van der Waals surface area contributed by atoms with Gasteiger partial charge in [-0.15, -0.1) is 0 Å². The Balaban J connectivity index is 1.94. The van der Waals surface area contributed by atoms with Crippen molar-refractivity contribution in [2.45, 2.75) is 57.3 Å². The van der Waals surface area contributed by atoms with Crippen molar-refractivity contribution in [2.75, 3.05) is 12.4 Å². The number of nitrogens with one attached hydrogen (secondary N) is 1. The second-order valence-corrected chi connectivity index (χ2v) is 7.10. The molecule has 2 atom stereocenters. The summed E-state index contributed by atoms with van der Waals surface area (Å²) in [6, 6.07) is 4.17. The predicted octanol–water partition coefficient (Wildman–Crippen LogP) is 4.40. The Labute approximate surface area is 156 Å². The van der Waals surface area contributed by atoms with Crippen LogP contribution in [0, 0.1) is 5.92 Å². The van der Waals surface area contributed by atoms with Crippen molar-refractivity contribution < 1.29 is 23.0 Å². The summed E-state index contributed by atoms with van der Waals surface area (Å²) in [5, 5.41) is 14.1. The molecule has 0 saturated heterocycles. The Hall–Kier alpha value is -2.09. The number of aliphatic hydroxyl groups is 1. The molecule has 0 aliphatic heterocycles. The van der Waals surface area contributed by atoms with E-state index in [0.29, 0.717) is 11.1 Å². The zero-order valence-electron chi connectivity index (χ0n) is 15.4. The minimum Gasteiger partial charge on any atom is -0.497 e. The SMILES string of the molecule is COc1ccc2nc(C(F)(F)F)nc(NC(C)C(O)C3CCCCC3)c2c1. The lowest BCUT2D eigenvalue weighted by Gasteiger charge is -2.31. The minimum atomic E-state index is -4.66. The molecule has 2 unspecified atom stereocenters. The minimum absolute atomic E-state index is 0.0496. The smallest absolute Gasteiger partial charge is 0.451 e. The van der Waals surface area contributed by atoms with Crippen molar-refractivity contribution in [3.05, 3.63) is 24.0 Å². The zero-order valence-corrected chi connectivity index (χ0v) is 15.4. The average molecular weight is 383 g/mol. The third-order valence-corrected chi connectivity index (χ3v) is 5.17. The van der Waals surface area contributed by atoms with E-state index in [-0.39, 0.29) is 17.3 Å². The lowest BCUT2D eigenvalue weighted by atomic mass is 9.83. The van der Waals surface area contributed by atoms with Crippen molar-refractivity contribution in [3.63, 3.8) is 0 Å². The number of methoxy groups -OCH3 is 1. The van der Waals surface area contributed by atoms with Gasteiger partial charge in [-0.25, -0.2) is 9.97 Å². The molecule has 1 aliphatic carbocycles. The number of aromatic nitrogens is 2. The number of aliphatic hydroxyl groups excluding tert-OH is 1. The molecule has 1 saturated carbocycles. The Morgan fingerprint density at radius 3 is 2.52 bits per heavy atom. The first-order chi connectivity index (χ1) is 12.8. The van der Waals surface area contributed by atoms with Crippen LogP contribution < -0.4 is 10.1 Å². The fourth-order valence-corrected chi connectivity index (χ4v) is 3.66. The first-order valence-corrected chi connectivity index (χ1v) is 9.17. The van der Waals surface area contributed by atoms with Gasteiger partial charge in [-0.05, 0) is 43.9 Å². The summed E-state index contributed by atoms with van der Waals surface area (Å²) in [7, 11) is 1.48. The summed E-state index contributed by atoms with van der Waals surface area (Å²) in [5.41, 5.74) is 0.167. The van der Waals surface area contributed by atoms with E-state index in [1.807, 2.05) is 0 Å². The quantitative estimate of drug-likeness (QED) is 0.801. The molecule has 8 heteroatoms. The van der Waals surface area contributed by atoms with Gasteiger partial charge in [0, 0.05) is 5.39 Å². The lowest BCUT2D eigenvalue weighted by Crippen LogP contribution is -2.38. The third kappa shape index (κ3) is 4.43. The Kier molecular flexibility index (Phi) is 5.74. The van der Waals surface area contributed by atoms with Crippen molar-refractivity contribution in [1.82, 2.24) is 9.97 Å². The second-order valence-electron chi connectivity index (χ2n) is 7.10. The highest BCUT2D eigenvalue weighted by Crippen LogP contribution is 2.33. The fraction of sp³-hybridized carbons (Fsp3) is 0.579. The van der Waals surface area contributed by atoms with E-state index in [9.17, 15) is 18.3 Å². The van der Waals surface area contributed by atoms with Crippen LogP contribution in [0.1, 0.15) is 44.9 Å². The van der Waals surface area contributed by atoms with E-state index in [2.05, 4.69) is 15.3 Å². The molecular formula is C19H24F3N3O2. The number of hydrogen-bond acceptors (Lipinski definition) is 5. The summed E-state index contributed by atoms with van der Waals surface area (Å²) >= 11 is 0. The maximum absolute atomic E-state index is 13.2. The maximum atomic E-state index is 13.2. The number of rotatable bonds is 5. The Morgan fingerprint density at radius 1 is 1.19 bits per heavy atom. The molecule has 1 aromatic heterocycles. The first kappa shape index (κ1) is 19.7. The second kappa shape index (κ2) is 7.88. The van der Waals surface area contributed by atoms with Gasteiger partial charge in [0.05, 0.1) is 24.8 Å². The van der Waals surface area contributed by atoms with Crippen LogP contribution in [-0.4, -0.2) is 34.3 Å². The highest BCUT2D eigenvalue weighted by atomic mass is 19.4. The molecular weight excluding hydrogens is 359 g/mol. The van der Waals surface area contributed by atoms with Gasteiger partial charge in [-0.3, -0.25) is 0 Å². The highest BCUT2D eigenvalue weighted by Gasteiger charge is 2.36. The molecule has 2 aromatic rings. The van der Waals surface area contributed by atoms with E-state index >= 15 is 0 Å². The molecule has 1 heterocycles. The van der Waals surface area contributed by atoms with Crippen LogP contribution >= 0.6 is 0 Å². The normalized spacial score (nSPS) is 18.3. The molecule has 27 heavy (non-hydrogen) atoms. The van der Waals surface area contributed by atoms with Gasteiger partial charge in [-0.2, -0.15) is 13.2 Å². The van der Waals surface area contributed by atoms with Crippen molar-refractivity contribution >= 4 is 16.7 Å². The van der Waals surface area contributed by atoms with Gasteiger partial charge < -0.3 is 15.2 Å². The largest absolute Gasteiger partial charge is 0.497 e. The van der Waals surface area contributed by atoms with E-state index < -0.39 is 24.1 Å². The van der Waals surface area contributed by atoms with Crippen LogP contribution in [0.3, 0.4) is 0 Å². The lowest BCUT2D eigenvalue weighted by molar-refractivity contribution is -0.144. The number of nitrogens with zero attached hydrogens (tertiary/aromatic N) is 2. The first-order valence-electron chi connectivity index (χ1n) is 9.17. The summed E-state index contributed by atoms with van der Waals surface area (Å²) < 4.78 is 44.8. The monoisotopic (exact) mass is 383 g/mol. The van der Waals surface area contributed by atoms with Crippen LogP contribution in [0.15, 0.2) is 18.2 Å². The molecule has 1 aromatic carbocycles.